The van der Waals surface area contributed by atoms with Crippen LogP contribution in [0.5, 0.6) is 0 Å². The predicted molar refractivity (Wildman–Crippen MR) is 429 cm³/mol. The normalized spacial score (nSPS) is 22.1. The Labute approximate surface area is 629 Å². The van der Waals surface area contributed by atoms with Crippen molar-refractivity contribution >= 4 is 5.91 Å². The number of aliphatic hydroxyl groups is 8. The van der Waals surface area contributed by atoms with Gasteiger partial charge in [-0.3, -0.25) is 4.79 Å². The molecule has 0 saturated carbocycles. The number of unbranched alkanes of at least 4 members (excludes halogenated alkanes) is 40. The van der Waals surface area contributed by atoms with Crippen molar-refractivity contribution in [2.24, 2.45) is 0 Å². The number of ether oxygens (including phenoxy) is 4. The van der Waals surface area contributed by atoms with Crippen molar-refractivity contribution in [3.05, 3.63) is 109 Å². The molecule has 2 heterocycles. The lowest BCUT2D eigenvalue weighted by molar-refractivity contribution is -0.359. The molecule has 0 aliphatic carbocycles. The average molecular weight is 1450 g/mol. The van der Waals surface area contributed by atoms with Crippen molar-refractivity contribution in [1.82, 2.24) is 5.32 Å². The van der Waals surface area contributed by atoms with Gasteiger partial charge in [-0.25, -0.2) is 0 Å². The highest BCUT2D eigenvalue weighted by atomic mass is 16.7. The van der Waals surface area contributed by atoms with Crippen molar-refractivity contribution in [1.29, 1.82) is 0 Å². The summed E-state index contributed by atoms with van der Waals surface area (Å²) in [6.45, 7) is 2.79. The number of aliphatic hydroxyl groups excluding tert-OH is 8. The summed E-state index contributed by atoms with van der Waals surface area (Å²) in [6.07, 6.45) is 87.0. The fourth-order valence-corrected chi connectivity index (χ4v) is 13.6. The van der Waals surface area contributed by atoms with Gasteiger partial charge in [0.2, 0.25) is 5.91 Å². The number of nitrogens with one attached hydrogen (secondary N) is 1. The van der Waals surface area contributed by atoms with Gasteiger partial charge in [0, 0.05) is 6.42 Å². The molecule has 0 radical (unpaired) electrons. The van der Waals surface area contributed by atoms with Gasteiger partial charge in [0.15, 0.2) is 12.6 Å². The number of carbonyl (C=O) groups excluding carboxylic acids is 1. The number of allylic oxidation sites excluding steroid dienone is 18. The van der Waals surface area contributed by atoms with E-state index in [1.807, 2.05) is 0 Å². The fraction of sp³-hybridized carbons (Fsp3) is 0.787. The quantitative estimate of drug-likeness (QED) is 0.0204. The first-order valence-electron chi connectivity index (χ1n) is 42.6. The van der Waals surface area contributed by atoms with Gasteiger partial charge < -0.3 is 65.1 Å². The lowest BCUT2D eigenvalue weighted by atomic mass is 9.97. The van der Waals surface area contributed by atoms with Gasteiger partial charge in [-0.2, -0.15) is 0 Å². The van der Waals surface area contributed by atoms with Crippen LogP contribution in [0.3, 0.4) is 0 Å². The Morgan fingerprint density at radius 3 is 1.03 bits per heavy atom. The van der Waals surface area contributed by atoms with Crippen molar-refractivity contribution in [3.63, 3.8) is 0 Å². The second kappa shape index (κ2) is 71.6. The topological polar surface area (TPSA) is 228 Å². The predicted octanol–water partition coefficient (Wildman–Crippen LogP) is 20.2. The van der Waals surface area contributed by atoms with Crippen LogP contribution in [0.15, 0.2) is 109 Å². The van der Waals surface area contributed by atoms with E-state index in [0.29, 0.717) is 19.3 Å². The van der Waals surface area contributed by atoms with E-state index in [9.17, 15) is 45.6 Å². The highest BCUT2D eigenvalue weighted by Gasteiger charge is 2.51. The number of hydrogen-bond donors (Lipinski definition) is 9. The van der Waals surface area contributed by atoms with Crippen LogP contribution in [0.25, 0.3) is 0 Å². The molecule has 0 aromatic rings. The zero-order valence-corrected chi connectivity index (χ0v) is 65.5. The highest BCUT2D eigenvalue weighted by molar-refractivity contribution is 5.76. The minimum Gasteiger partial charge on any atom is -0.394 e. The summed E-state index contributed by atoms with van der Waals surface area (Å²) in [7, 11) is 0. The monoisotopic (exact) mass is 1450 g/mol. The molecule has 2 aliphatic rings. The third kappa shape index (κ3) is 54.0. The Bertz CT molecular complexity index is 2150. The maximum absolute atomic E-state index is 13.4. The minimum absolute atomic E-state index is 0.212. The Morgan fingerprint density at radius 2 is 0.670 bits per heavy atom. The third-order valence-corrected chi connectivity index (χ3v) is 20.3. The Morgan fingerprint density at radius 1 is 0.359 bits per heavy atom. The van der Waals surface area contributed by atoms with E-state index < -0.39 is 86.8 Å². The van der Waals surface area contributed by atoms with Crippen LogP contribution in [0, 0.1) is 0 Å². The van der Waals surface area contributed by atoms with Gasteiger partial charge >= 0.3 is 0 Å². The molecule has 103 heavy (non-hydrogen) atoms. The molecule has 2 fully saturated rings. The van der Waals surface area contributed by atoms with Crippen LogP contribution in [0.1, 0.15) is 354 Å². The van der Waals surface area contributed by atoms with Crippen molar-refractivity contribution in [2.75, 3.05) is 19.8 Å². The number of rotatable bonds is 71. The fourth-order valence-electron chi connectivity index (χ4n) is 13.6. The molecule has 596 valence electrons. The largest absolute Gasteiger partial charge is 0.394 e. The molecular formula is C89H157NO13. The summed E-state index contributed by atoms with van der Waals surface area (Å²) >= 11 is 0. The number of carbonyl (C=O) groups is 1. The molecule has 14 nitrogen and oxygen atoms in total. The molecule has 12 atom stereocenters. The van der Waals surface area contributed by atoms with E-state index in [4.69, 9.17) is 18.9 Å². The molecular weight excluding hydrogens is 1290 g/mol. The smallest absolute Gasteiger partial charge is 0.220 e. The van der Waals surface area contributed by atoms with Crippen LogP contribution in [-0.2, 0) is 23.7 Å². The van der Waals surface area contributed by atoms with E-state index in [0.717, 1.165) is 109 Å². The maximum atomic E-state index is 13.4. The van der Waals surface area contributed by atoms with Gasteiger partial charge in [-0.05, 0) is 83.5 Å². The molecule has 2 rings (SSSR count). The third-order valence-electron chi connectivity index (χ3n) is 20.3. The first-order valence-corrected chi connectivity index (χ1v) is 42.6. The number of hydrogen-bond acceptors (Lipinski definition) is 13. The number of amides is 1. The molecule has 9 N–H and O–H groups in total. The van der Waals surface area contributed by atoms with Crippen LogP contribution in [0.4, 0.5) is 0 Å². The minimum atomic E-state index is -1.79. The molecule has 2 aliphatic heterocycles. The van der Waals surface area contributed by atoms with Gasteiger partial charge in [0.25, 0.3) is 0 Å². The first-order chi connectivity index (χ1) is 50.6. The van der Waals surface area contributed by atoms with E-state index in [1.54, 1.807) is 0 Å². The maximum Gasteiger partial charge on any atom is 0.220 e. The summed E-state index contributed by atoms with van der Waals surface area (Å²) in [6, 6.07) is -0.842. The second-order valence-electron chi connectivity index (χ2n) is 29.6. The average Bonchev–Trinajstić information content (AvgIpc) is 0.791. The Balaban J connectivity index is 1.60. The van der Waals surface area contributed by atoms with Gasteiger partial charge in [-0.1, -0.05) is 374 Å². The van der Waals surface area contributed by atoms with Crippen molar-refractivity contribution in [3.8, 4) is 0 Å². The highest BCUT2D eigenvalue weighted by Crippen LogP contribution is 2.30. The summed E-state index contributed by atoms with van der Waals surface area (Å²) in [4.78, 5) is 13.4. The molecule has 0 aromatic heterocycles. The zero-order valence-electron chi connectivity index (χ0n) is 65.5. The summed E-state index contributed by atoms with van der Waals surface area (Å²) in [5.41, 5.74) is 0. The lowest BCUT2D eigenvalue weighted by Crippen LogP contribution is -2.65. The van der Waals surface area contributed by atoms with Gasteiger partial charge in [0.05, 0.1) is 32.0 Å². The standard InChI is InChI=1S/C89H157NO13/c1-3-5-7-9-11-13-15-17-19-21-23-25-27-29-31-33-35-37-38-39-40-41-43-45-47-49-51-53-55-57-59-61-63-65-67-69-71-73-81(94)90-77(76-100-88-86(99)84(97)87(80(75-92)102-88)103-89-85(98)83(96)82(95)79(74-91)101-89)78(93)72-70-68-66-64-62-60-58-56-54-52-50-48-46-44-42-36-34-32-30-28-26-24-22-20-18-16-14-12-10-8-6-4-2/h5,7,11,13,17,19,23,25,29,31,35,37,39-40,43,45,49,51,77-80,82-89,91-93,95-99H,3-4,6,8-10,12,14-16,18,20-22,24,26-28,30,32-34,36,38,41-42,44,46-48,50,52-76H2,1-2H3,(H,90,94)/b7-5-,13-11-,19-17-,25-23-,31-29-,37-35-,40-39-,45-43-,51-49-. The lowest BCUT2D eigenvalue weighted by Gasteiger charge is -2.46. The zero-order chi connectivity index (χ0) is 74.4. The molecule has 12 unspecified atom stereocenters. The van der Waals surface area contributed by atoms with Crippen LogP contribution >= 0.6 is 0 Å². The van der Waals surface area contributed by atoms with Crippen molar-refractivity contribution < 1.29 is 64.6 Å². The van der Waals surface area contributed by atoms with Crippen LogP contribution in [-0.4, -0.2) is 140 Å². The summed E-state index contributed by atoms with van der Waals surface area (Å²) < 4.78 is 23.0. The molecule has 14 heteroatoms. The van der Waals surface area contributed by atoms with E-state index >= 15 is 0 Å². The Kier molecular flexibility index (Phi) is 66.5. The van der Waals surface area contributed by atoms with Crippen molar-refractivity contribution in [2.45, 2.75) is 428 Å². The second-order valence-corrected chi connectivity index (χ2v) is 29.6. The van der Waals surface area contributed by atoms with E-state index in [-0.39, 0.29) is 12.5 Å². The van der Waals surface area contributed by atoms with Gasteiger partial charge in [0.1, 0.15) is 48.8 Å². The Hall–Kier alpha value is -3.35. The SMILES string of the molecule is CC/C=C\C/C=C\C/C=C\C/C=C\C/C=C\C/C=C\C/C=C\C/C=C\C/C=C\CCCCCCCCCCCC(=O)NC(COC1OC(CO)C(OC2OC(CO)C(O)C(O)C2O)C(O)C1O)C(O)CCCCCCCCCCCCCCCCCCCCCCCCCCCCCCCCCC. The first kappa shape index (κ1) is 95.7. The molecule has 0 spiro atoms. The van der Waals surface area contributed by atoms with Gasteiger partial charge in [-0.15, -0.1) is 0 Å². The molecule has 0 aromatic carbocycles. The van der Waals surface area contributed by atoms with Crippen LogP contribution in [0.2, 0.25) is 0 Å². The molecule has 1 amide bonds. The van der Waals surface area contributed by atoms with E-state index in [2.05, 4.69) is 129 Å². The summed E-state index contributed by atoms with van der Waals surface area (Å²) in [5, 5.41) is 88.0. The van der Waals surface area contributed by atoms with E-state index in [1.165, 1.54) is 212 Å². The molecule has 0 bridgehead atoms. The molecule has 2 saturated heterocycles. The van der Waals surface area contributed by atoms with Crippen LogP contribution < -0.4 is 5.32 Å². The summed E-state index contributed by atoms with van der Waals surface area (Å²) in [5.74, 6) is -0.212.